The van der Waals surface area contributed by atoms with Gasteiger partial charge in [0.25, 0.3) is 0 Å². The summed E-state index contributed by atoms with van der Waals surface area (Å²) in [5, 5.41) is 3.58. The maximum atomic E-state index is 13.5. The van der Waals surface area contributed by atoms with Crippen molar-refractivity contribution in [2.75, 3.05) is 5.32 Å². The highest BCUT2D eigenvalue weighted by atomic mass is 19.1. The Morgan fingerprint density at radius 2 is 2.00 bits per heavy atom. The molecule has 3 atom stereocenters. The zero-order valence-corrected chi connectivity index (χ0v) is 11.0. The van der Waals surface area contributed by atoms with E-state index in [9.17, 15) is 4.39 Å². The van der Waals surface area contributed by atoms with E-state index in [-0.39, 0.29) is 11.9 Å². The van der Waals surface area contributed by atoms with Gasteiger partial charge in [0.2, 0.25) is 0 Å². The average Bonchev–Trinajstić information content (AvgIpc) is 2.97. The molecule has 0 unspecified atom stereocenters. The highest BCUT2D eigenvalue weighted by molar-refractivity contribution is 5.59. The molecule has 100 valence electrons. The predicted octanol–water partition coefficient (Wildman–Crippen LogP) is 4.05. The molecule has 0 radical (unpaired) electrons. The summed E-state index contributed by atoms with van der Waals surface area (Å²) in [6.45, 7) is 0. The molecule has 1 aromatic carbocycles. The summed E-state index contributed by atoms with van der Waals surface area (Å²) in [7, 11) is 0. The SMILES string of the molecule is Fc1ccc2c(c1)[C@H]1C=CC[C@H]1[C@H](c1ccncc1)N2. The van der Waals surface area contributed by atoms with Gasteiger partial charge >= 0.3 is 0 Å². The van der Waals surface area contributed by atoms with Crippen molar-refractivity contribution in [2.45, 2.75) is 18.4 Å². The molecule has 1 aliphatic carbocycles. The smallest absolute Gasteiger partial charge is 0.123 e. The second-order valence-corrected chi connectivity index (χ2v) is 5.49. The van der Waals surface area contributed by atoms with Crippen LogP contribution in [0.3, 0.4) is 0 Å². The molecule has 1 aromatic heterocycles. The average molecular weight is 266 g/mol. The molecular weight excluding hydrogens is 251 g/mol. The van der Waals surface area contributed by atoms with E-state index in [2.05, 4.69) is 34.6 Å². The normalized spacial score (nSPS) is 26.8. The van der Waals surface area contributed by atoms with Crippen LogP contribution in [0.2, 0.25) is 0 Å². The molecule has 4 rings (SSSR count). The van der Waals surface area contributed by atoms with E-state index in [1.165, 1.54) is 11.6 Å². The monoisotopic (exact) mass is 266 g/mol. The highest BCUT2D eigenvalue weighted by Gasteiger charge is 2.37. The molecular formula is C17H15FN2. The second kappa shape index (κ2) is 4.44. The van der Waals surface area contributed by atoms with Gasteiger partial charge in [-0.1, -0.05) is 12.2 Å². The van der Waals surface area contributed by atoms with E-state index in [1.807, 2.05) is 18.5 Å². The molecule has 2 aromatic rings. The van der Waals surface area contributed by atoms with Crippen molar-refractivity contribution in [1.82, 2.24) is 4.98 Å². The number of anilines is 1. The summed E-state index contributed by atoms with van der Waals surface area (Å²) in [5.74, 6) is 0.596. The molecule has 20 heavy (non-hydrogen) atoms. The lowest BCUT2D eigenvalue weighted by Crippen LogP contribution is -2.29. The van der Waals surface area contributed by atoms with Crippen molar-refractivity contribution in [2.24, 2.45) is 5.92 Å². The third kappa shape index (κ3) is 1.73. The molecule has 0 amide bonds. The first-order valence-corrected chi connectivity index (χ1v) is 6.95. The maximum Gasteiger partial charge on any atom is 0.123 e. The minimum absolute atomic E-state index is 0.160. The van der Waals surface area contributed by atoms with Gasteiger partial charge in [-0.3, -0.25) is 4.98 Å². The number of hydrogen-bond acceptors (Lipinski definition) is 2. The van der Waals surface area contributed by atoms with Crippen LogP contribution in [0.25, 0.3) is 0 Å². The van der Waals surface area contributed by atoms with Gasteiger partial charge in [-0.15, -0.1) is 0 Å². The molecule has 3 heteroatoms. The fraction of sp³-hybridized carbons (Fsp3) is 0.235. The van der Waals surface area contributed by atoms with Gasteiger partial charge in [0.05, 0.1) is 6.04 Å². The van der Waals surface area contributed by atoms with Gasteiger partial charge in [-0.25, -0.2) is 4.39 Å². The van der Waals surface area contributed by atoms with Crippen LogP contribution in [-0.4, -0.2) is 4.98 Å². The number of pyridine rings is 1. The molecule has 2 heterocycles. The maximum absolute atomic E-state index is 13.5. The Hall–Kier alpha value is -2.16. The van der Waals surface area contributed by atoms with E-state index >= 15 is 0 Å². The Labute approximate surface area is 117 Å². The molecule has 0 fully saturated rings. The van der Waals surface area contributed by atoms with Gasteiger partial charge in [-0.05, 0) is 53.8 Å². The molecule has 2 aliphatic rings. The van der Waals surface area contributed by atoms with E-state index in [4.69, 9.17) is 0 Å². The Morgan fingerprint density at radius 3 is 2.85 bits per heavy atom. The molecule has 0 saturated carbocycles. The van der Waals surface area contributed by atoms with Crippen LogP contribution in [-0.2, 0) is 0 Å². The number of aromatic nitrogens is 1. The Kier molecular flexibility index (Phi) is 2.59. The summed E-state index contributed by atoms with van der Waals surface area (Å²) >= 11 is 0. The summed E-state index contributed by atoms with van der Waals surface area (Å²) in [4.78, 5) is 4.09. The fourth-order valence-corrected chi connectivity index (χ4v) is 3.47. The Balaban J connectivity index is 1.80. The summed E-state index contributed by atoms with van der Waals surface area (Å²) in [5.41, 5.74) is 3.36. The van der Waals surface area contributed by atoms with Crippen LogP contribution in [0.5, 0.6) is 0 Å². The molecule has 1 aliphatic heterocycles. The lowest BCUT2D eigenvalue weighted by molar-refractivity contribution is 0.424. The minimum atomic E-state index is -0.160. The van der Waals surface area contributed by atoms with Gasteiger partial charge in [-0.2, -0.15) is 0 Å². The van der Waals surface area contributed by atoms with Crippen molar-refractivity contribution in [3.8, 4) is 0 Å². The van der Waals surface area contributed by atoms with Crippen molar-refractivity contribution >= 4 is 5.69 Å². The van der Waals surface area contributed by atoms with Crippen LogP contribution in [0.4, 0.5) is 10.1 Å². The van der Waals surface area contributed by atoms with Crippen molar-refractivity contribution < 1.29 is 4.39 Å². The van der Waals surface area contributed by atoms with Crippen molar-refractivity contribution in [1.29, 1.82) is 0 Å². The summed E-state index contributed by atoms with van der Waals surface area (Å²) in [6, 6.07) is 9.41. The fourth-order valence-electron chi connectivity index (χ4n) is 3.47. The number of rotatable bonds is 1. The second-order valence-electron chi connectivity index (χ2n) is 5.49. The molecule has 1 N–H and O–H groups in total. The number of fused-ring (bicyclic) bond motifs is 3. The van der Waals surface area contributed by atoms with Crippen LogP contribution >= 0.6 is 0 Å². The van der Waals surface area contributed by atoms with E-state index in [1.54, 1.807) is 6.07 Å². The molecule has 2 nitrogen and oxygen atoms in total. The largest absolute Gasteiger partial charge is 0.378 e. The summed E-state index contributed by atoms with van der Waals surface area (Å²) < 4.78 is 13.5. The number of benzene rings is 1. The number of allylic oxidation sites excluding steroid dienone is 2. The number of nitrogens with one attached hydrogen (secondary N) is 1. The van der Waals surface area contributed by atoms with Gasteiger partial charge < -0.3 is 5.32 Å². The van der Waals surface area contributed by atoms with Crippen molar-refractivity contribution in [3.63, 3.8) is 0 Å². The van der Waals surface area contributed by atoms with Crippen LogP contribution in [0.1, 0.15) is 29.5 Å². The van der Waals surface area contributed by atoms with Crippen LogP contribution < -0.4 is 5.32 Å². The van der Waals surface area contributed by atoms with Gasteiger partial charge in [0.15, 0.2) is 0 Å². The highest BCUT2D eigenvalue weighted by Crippen LogP contribution is 2.49. The summed E-state index contributed by atoms with van der Waals surface area (Å²) in [6.07, 6.45) is 9.12. The molecule has 0 spiro atoms. The third-order valence-corrected chi connectivity index (χ3v) is 4.39. The third-order valence-electron chi connectivity index (χ3n) is 4.39. The first kappa shape index (κ1) is 11.6. The number of hydrogen-bond donors (Lipinski definition) is 1. The Bertz CT molecular complexity index is 666. The van der Waals surface area contributed by atoms with Gasteiger partial charge in [0.1, 0.15) is 5.82 Å². The topological polar surface area (TPSA) is 24.9 Å². The van der Waals surface area contributed by atoms with Crippen LogP contribution in [0.15, 0.2) is 54.9 Å². The standard InChI is InChI=1S/C17H15FN2/c18-12-4-5-16-15(10-12)13-2-1-3-14(13)17(20-16)11-6-8-19-9-7-11/h1-2,4-10,13-14,17,20H,3H2/t13-,14+,17-/m0/s1. The van der Waals surface area contributed by atoms with Gasteiger partial charge in [0, 0.05) is 24.0 Å². The van der Waals surface area contributed by atoms with E-state index in [0.717, 1.165) is 17.7 Å². The van der Waals surface area contributed by atoms with E-state index < -0.39 is 0 Å². The predicted molar refractivity (Wildman–Crippen MR) is 77.0 cm³/mol. The van der Waals surface area contributed by atoms with Crippen molar-refractivity contribution in [3.05, 3.63) is 71.8 Å². The van der Waals surface area contributed by atoms with E-state index in [0.29, 0.717) is 11.8 Å². The first-order chi connectivity index (χ1) is 9.83. The quantitative estimate of drug-likeness (QED) is 0.788. The Morgan fingerprint density at radius 1 is 1.15 bits per heavy atom. The van der Waals surface area contributed by atoms with Crippen LogP contribution in [0, 0.1) is 11.7 Å². The minimum Gasteiger partial charge on any atom is -0.378 e. The lowest BCUT2D eigenvalue weighted by Gasteiger charge is -2.37. The zero-order chi connectivity index (χ0) is 13.5. The lowest BCUT2D eigenvalue weighted by atomic mass is 9.77. The molecule has 0 bridgehead atoms. The number of nitrogens with zero attached hydrogens (tertiary/aromatic N) is 1. The number of halogens is 1. The first-order valence-electron chi connectivity index (χ1n) is 6.95. The molecule has 0 saturated heterocycles. The zero-order valence-electron chi connectivity index (χ0n) is 11.0.